The van der Waals surface area contributed by atoms with Crippen molar-refractivity contribution in [3.63, 3.8) is 0 Å². The lowest BCUT2D eigenvalue weighted by Gasteiger charge is -2.08. The lowest BCUT2D eigenvalue weighted by molar-refractivity contribution is 0.748. The minimum atomic E-state index is 0.463. The fourth-order valence-corrected chi connectivity index (χ4v) is 3.98. The van der Waals surface area contributed by atoms with Crippen LogP contribution in [0.5, 0.6) is 0 Å². The van der Waals surface area contributed by atoms with Crippen molar-refractivity contribution < 1.29 is 0 Å². The number of nitrogens with one attached hydrogen (secondary N) is 1. The Labute approximate surface area is 162 Å². The van der Waals surface area contributed by atoms with Gasteiger partial charge in [0.1, 0.15) is 0 Å². The average molecular weight is 420 g/mol. The van der Waals surface area contributed by atoms with Gasteiger partial charge < -0.3 is 10.7 Å². The molecule has 0 saturated carbocycles. The van der Waals surface area contributed by atoms with E-state index in [1.807, 2.05) is 12.1 Å². The van der Waals surface area contributed by atoms with Crippen molar-refractivity contribution in [3.05, 3.63) is 57.0 Å². The second-order valence-electron chi connectivity index (χ2n) is 6.77. The number of hydrogen-bond acceptors (Lipinski definition) is 1. The molecule has 1 heterocycles. The molecular formula is C21H24BrClN2. The van der Waals surface area contributed by atoms with Gasteiger partial charge in [-0.25, -0.2) is 0 Å². The van der Waals surface area contributed by atoms with Crippen LogP contribution in [0.2, 0.25) is 5.02 Å². The maximum atomic E-state index is 6.53. The van der Waals surface area contributed by atoms with Gasteiger partial charge in [0.25, 0.3) is 0 Å². The Bertz CT molecular complexity index is 883. The standard InChI is InChI=1S/C21H24BrClN2/c1-13(2)15-7-5-8-17-16(6-3-4-11-24)21(25-20(15)17)18-12-14(22)9-10-19(18)23/h5,7-10,12-13,25H,3-4,6,11,24H2,1-2H3. The Kier molecular flexibility index (Phi) is 5.88. The van der Waals surface area contributed by atoms with Gasteiger partial charge in [-0.1, -0.05) is 59.6 Å². The van der Waals surface area contributed by atoms with Gasteiger partial charge in [-0.3, -0.25) is 0 Å². The summed E-state index contributed by atoms with van der Waals surface area (Å²) in [5.74, 6) is 0.463. The fourth-order valence-electron chi connectivity index (χ4n) is 3.40. The number of halogens is 2. The molecule has 0 aliphatic carbocycles. The second-order valence-corrected chi connectivity index (χ2v) is 8.10. The van der Waals surface area contributed by atoms with E-state index in [0.29, 0.717) is 5.92 Å². The third kappa shape index (κ3) is 3.79. The molecule has 0 fully saturated rings. The summed E-state index contributed by atoms with van der Waals surface area (Å²) in [4.78, 5) is 3.69. The Balaban J connectivity index is 2.23. The predicted octanol–water partition coefficient (Wildman–Crippen LogP) is 6.66. The highest BCUT2D eigenvalue weighted by atomic mass is 79.9. The van der Waals surface area contributed by atoms with E-state index in [9.17, 15) is 0 Å². The van der Waals surface area contributed by atoms with Gasteiger partial charge >= 0.3 is 0 Å². The molecule has 2 nitrogen and oxygen atoms in total. The molecule has 0 aliphatic heterocycles. The highest BCUT2D eigenvalue weighted by Crippen LogP contribution is 2.38. The molecule has 0 radical (unpaired) electrons. The molecule has 0 spiro atoms. The molecule has 1 aromatic heterocycles. The van der Waals surface area contributed by atoms with Crippen LogP contribution in [-0.4, -0.2) is 11.5 Å². The normalized spacial score (nSPS) is 11.6. The van der Waals surface area contributed by atoms with E-state index < -0.39 is 0 Å². The van der Waals surface area contributed by atoms with Crippen molar-refractivity contribution in [1.29, 1.82) is 0 Å². The van der Waals surface area contributed by atoms with Crippen LogP contribution in [0, 0.1) is 0 Å². The zero-order valence-electron chi connectivity index (χ0n) is 14.7. The highest BCUT2D eigenvalue weighted by Gasteiger charge is 2.18. The summed E-state index contributed by atoms with van der Waals surface area (Å²) >= 11 is 10.1. The summed E-state index contributed by atoms with van der Waals surface area (Å²) in [5.41, 5.74) is 11.8. The minimum absolute atomic E-state index is 0.463. The Morgan fingerprint density at radius 1 is 1.16 bits per heavy atom. The van der Waals surface area contributed by atoms with Gasteiger partial charge in [-0.05, 0) is 61.1 Å². The number of nitrogens with two attached hydrogens (primary N) is 1. The van der Waals surface area contributed by atoms with Gasteiger partial charge in [0.15, 0.2) is 0 Å². The zero-order chi connectivity index (χ0) is 18.0. The smallest absolute Gasteiger partial charge is 0.0512 e. The molecule has 3 rings (SSSR count). The number of aryl methyl sites for hydroxylation is 1. The van der Waals surface area contributed by atoms with Crippen molar-refractivity contribution in [2.45, 2.75) is 39.0 Å². The number of H-pyrrole nitrogens is 1. The van der Waals surface area contributed by atoms with Crippen molar-refractivity contribution in [2.75, 3.05) is 6.54 Å². The molecule has 3 N–H and O–H groups in total. The van der Waals surface area contributed by atoms with Gasteiger partial charge in [-0.2, -0.15) is 0 Å². The summed E-state index contributed by atoms with van der Waals surface area (Å²) in [6, 6.07) is 12.6. The fraction of sp³-hybridized carbons (Fsp3) is 0.333. The summed E-state index contributed by atoms with van der Waals surface area (Å²) < 4.78 is 1.03. The number of aromatic amines is 1. The summed E-state index contributed by atoms with van der Waals surface area (Å²) in [5, 5.41) is 2.06. The molecule has 0 bridgehead atoms. The quantitative estimate of drug-likeness (QED) is 0.431. The van der Waals surface area contributed by atoms with Crippen LogP contribution in [0.25, 0.3) is 22.2 Å². The maximum Gasteiger partial charge on any atom is 0.0512 e. The first-order chi connectivity index (χ1) is 12.0. The number of benzene rings is 2. The topological polar surface area (TPSA) is 41.8 Å². The van der Waals surface area contributed by atoms with E-state index in [4.69, 9.17) is 17.3 Å². The van der Waals surface area contributed by atoms with Gasteiger partial charge in [-0.15, -0.1) is 0 Å². The van der Waals surface area contributed by atoms with Crippen LogP contribution in [0.1, 0.15) is 43.7 Å². The van der Waals surface area contributed by atoms with E-state index in [2.05, 4.69) is 59.0 Å². The van der Waals surface area contributed by atoms with Crippen molar-refractivity contribution in [3.8, 4) is 11.3 Å². The molecular weight excluding hydrogens is 396 g/mol. The second kappa shape index (κ2) is 7.94. The summed E-state index contributed by atoms with van der Waals surface area (Å²) in [6.45, 7) is 5.19. The molecule has 3 aromatic rings. The molecule has 4 heteroatoms. The van der Waals surface area contributed by atoms with E-state index in [0.717, 1.165) is 46.6 Å². The highest BCUT2D eigenvalue weighted by molar-refractivity contribution is 9.10. The van der Waals surface area contributed by atoms with Crippen LogP contribution in [0.15, 0.2) is 40.9 Å². The first-order valence-electron chi connectivity index (χ1n) is 8.82. The first-order valence-corrected chi connectivity index (χ1v) is 9.99. The molecule has 2 aromatic carbocycles. The predicted molar refractivity (Wildman–Crippen MR) is 113 cm³/mol. The van der Waals surface area contributed by atoms with Crippen LogP contribution in [0.3, 0.4) is 0 Å². The molecule has 0 atom stereocenters. The van der Waals surface area contributed by atoms with E-state index in [1.165, 1.54) is 22.0 Å². The summed E-state index contributed by atoms with van der Waals surface area (Å²) in [6.07, 6.45) is 3.10. The summed E-state index contributed by atoms with van der Waals surface area (Å²) in [7, 11) is 0. The number of fused-ring (bicyclic) bond motifs is 1. The van der Waals surface area contributed by atoms with Crippen molar-refractivity contribution >= 4 is 38.4 Å². The monoisotopic (exact) mass is 418 g/mol. The van der Waals surface area contributed by atoms with Gasteiger partial charge in [0.2, 0.25) is 0 Å². The molecule has 132 valence electrons. The van der Waals surface area contributed by atoms with E-state index in [-0.39, 0.29) is 0 Å². The lowest BCUT2D eigenvalue weighted by Crippen LogP contribution is -1.99. The van der Waals surface area contributed by atoms with Crippen molar-refractivity contribution in [2.24, 2.45) is 5.73 Å². The van der Waals surface area contributed by atoms with E-state index >= 15 is 0 Å². The molecule has 0 aliphatic rings. The Hall–Kier alpha value is -1.29. The average Bonchev–Trinajstić information content (AvgIpc) is 2.95. The van der Waals surface area contributed by atoms with E-state index in [1.54, 1.807) is 0 Å². The minimum Gasteiger partial charge on any atom is -0.354 e. The lowest BCUT2D eigenvalue weighted by atomic mass is 9.96. The molecule has 25 heavy (non-hydrogen) atoms. The molecule has 0 amide bonds. The maximum absolute atomic E-state index is 6.53. The van der Waals surface area contributed by atoms with Crippen molar-refractivity contribution in [1.82, 2.24) is 4.98 Å². The number of unbranched alkanes of at least 4 members (excludes halogenated alkanes) is 1. The zero-order valence-corrected chi connectivity index (χ0v) is 17.0. The number of rotatable bonds is 6. The van der Waals surface area contributed by atoms with Crippen LogP contribution >= 0.6 is 27.5 Å². The number of hydrogen-bond donors (Lipinski definition) is 2. The van der Waals surface area contributed by atoms with Gasteiger partial charge in [0, 0.05) is 26.0 Å². The largest absolute Gasteiger partial charge is 0.354 e. The molecule has 0 unspecified atom stereocenters. The first kappa shape index (κ1) is 18.5. The number of aromatic nitrogens is 1. The molecule has 0 saturated heterocycles. The third-order valence-corrected chi connectivity index (χ3v) is 5.50. The Morgan fingerprint density at radius 2 is 1.96 bits per heavy atom. The van der Waals surface area contributed by atoms with Crippen LogP contribution < -0.4 is 5.73 Å². The number of para-hydroxylation sites is 1. The van der Waals surface area contributed by atoms with Crippen LogP contribution in [-0.2, 0) is 6.42 Å². The third-order valence-electron chi connectivity index (χ3n) is 4.67. The SMILES string of the molecule is CC(C)c1cccc2c(CCCCN)c(-c3cc(Br)ccc3Cl)[nH]c12. The van der Waals surface area contributed by atoms with Gasteiger partial charge in [0.05, 0.1) is 5.69 Å². The Morgan fingerprint density at radius 3 is 2.68 bits per heavy atom. The van der Waals surface area contributed by atoms with Crippen LogP contribution in [0.4, 0.5) is 0 Å².